The van der Waals surface area contributed by atoms with Crippen LogP contribution in [0.4, 0.5) is 0 Å². The number of rotatable bonds is 1. The third kappa shape index (κ3) is 2.09. The summed E-state index contributed by atoms with van der Waals surface area (Å²) < 4.78 is 0. The largest absolute Gasteiger partial charge is 0.326 e. The van der Waals surface area contributed by atoms with Gasteiger partial charge in [0.25, 0.3) is 0 Å². The molecule has 1 heterocycles. The molecule has 1 saturated heterocycles. The maximum atomic E-state index is 11.3. The molecule has 0 aromatic carbocycles. The van der Waals surface area contributed by atoms with Crippen LogP contribution in [-0.2, 0) is 4.79 Å². The Hall–Kier alpha value is -0.410. The molecule has 0 aromatic heterocycles. The highest BCUT2D eigenvalue weighted by atomic mass is 16.1. The van der Waals surface area contributed by atoms with Crippen LogP contribution in [-0.4, -0.2) is 35.9 Å². The van der Waals surface area contributed by atoms with Crippen LogP contribution in [0.15, 0.2) is 0 Å². The topological polar surface area (TPSA) is 46.3 Å². The van der Waals surface area contributed by atoms with Crippen LogP contribution in [0.2, 0.25) is 0 Å². The van der Waals surface area contributed by atoms with Crippen LogP contribution in [0.25, 0.3) is 0 Å². The fraction of sp³-hybridized carbons (Fsp3) is 0.900. The summed E-state index contributed by atoms with van der Waals surface area (Å²) in [6.07, 6.45) is 4.95. The Morgan fingerprint density at radius 1 is 1.38 bits per heavy atom. The average molecular weight is 182 g/mol. The lowest BCUT2D eigenvalue weighted by atomic mass is 9.93. The molecule has 1 aliphatic heterocycles. The molecular weight excluding hydrogens is 164 g/mol. The summed E-state index contributed by atoms with van der Waals surface area (Å²) in [7, 11) is 0. The maximum absolute atomic E-state index is 11.3. The summed E-state index contributed by atoms with van der Waals surface area (Å²) in [6, 6.07) is 0.854. The van der Waals surface area contributed by atoms with Crippen molar-refractivity contribution in [1.82, 2.24) is 4.90 Å². The Kier molecular flexibility index (Phi) is 2.65. The normalized spacial score (nSPS) is 36.8. The van der Waals surface area contributed by atoms with Gasteiger partial charge in [0, 0.05) is 38.0 Å². The van der Waals surface area contributed by atoms with Crippen molar-refractivity contribution in [3.8, 4) is 0 Å². The Balaban J connectivity index is 1.89. The number of carbonyl (C=O) groups excluding carboxylic acids is 1. The number of carbonyl (C=O) groups is 1. The van der Waals surface area contributed by atoms with Crippen LogP contribution in [0, 0.1) is 0 Å². The summed E-state index contributed by atoms with van der Waals surface area (Å²) in [4.78, 5) is 13.7. The molecule has 0 bridgehead atoms. The fourth-order valence-electron chi connectivity index (χ4n) is 2.46. The Morgan fingerprint density at radius 2 is 2.23 bits per heavy atom. The Labute approximate surface area is 79.3 Å². The second-order valence-electron chi connectivity index (χ2n) is 4.33. The van der Waals surface area contributed by atoms with Crippen molar-refractivity contribution in [3.05, 3.63) is 0 Å². The van der Waals surface area contributed by atoms with Crippen molar-refractivity contribution in [3.63, 3.8) is 0 Å². The lowest BCUT2D eigenvalue weighted by Gasteiger charge is -2.30. The van der Waals surface area contributed by atoms with E-state index in [2.05, 4.69) is 4.90 Å². The zero-order valence-electron chi connectivity index (χ0n) is 8.04. The van der Waals surface area contributed by atoms with E-state index in [4.69, 9.17) is 5.73 Å². The molecule has 2 atom stereocenters. The number of Topliss-reactive ketones (excluding diaryl/α,β-unsaturated/α-hetero) is 1. The minimum atomic E-state index is 0.344. The smallest absolute Gasteiger partial charge is 0.134 e. The molecule has 0 aromatic rings. The average Bonchev–Trinajstić information content (AvgIpc) is 2.52. The minimum absolute atomic E-state index is 0.344. The molecule has 2 N–H and O–H groups in total. The van der Waals surface area contributed by atoms with E-state index in [-0.39, 0.29) is 0 Å². The van der Waals surface area contributed by atoms with Gasteiger partial charge in [-0.2, -0.15) is 0 Å². The first-order chi connectivity index (χ1) is 6.25. The van der Waals surface area contributed by atoms with Gasteiger partial charge in [-0.3, -0.25) is 9.69 Å². The molecule has 1 aliphatic carbocycles. The quantitative estimate of drug-likeness (QED) is 0.643. The van der Waals surface area contributed by atoms with E-state index in [0.717, 1.165) is 38.8 Å². The molecular formula is C10H18N2O. The van der Waals surface area contributed by atoms with Crippen molar-refractivity contribution in [2.24, 2.45) is 5.73 Å². The minimum Gasteiger partial charge on any atom is -0.326 e. The predicted molar refractivity (Wildman–Crippen MR) is 51.4 cm³/mol. The number of nitrogens with zero attached hydrogens (tertiary/aromatic N) is 1. The summed E-state index contributed by atoms with van der Waals surface area (Å²) in [5.74, 6) is 0.441. The van der Waals surface area contributed by atoms with Crippen molar-refractivity contribution in [1.29, 1.82) is 0 Å². The van der Waals surface area contributed by atoms with Crippen LogP contribution < -0.4 is 5.73 Å². The molecule has 2 rings (SSSR count). The molecule has 74 valence electrons. The van der Waals surface area contributed by atoms with E-state index in [1.54, 1.807) is 0 Å². The van der Waals surface area contributed by atoms with Gasteiger partial charge in [-0.1, -0.05) is 0 Å². The van der Waals surface area contributed by atoms with E-state index in [9.17, 15) is 4.79 Å². The first-order valence-electron chi connectivity index (χ1n) is 5.27. The van der Waals surface area contributed by atoms with Crippen molar-refractivity contribution < 1.29 is 4.79 Å². The number of hydrogen-bond acceptors (Lipinski definition) is 3. The van der Waals surface area contributed by atoms with Gasteiger partial charge in [0.1, 0.15) is 5.78 Å². The fourth-order valence-corrected chi connectivity index (χ4v) is 2.46. The molecule has 1 saturated carbocycles. The molecule has 2 fully saturated rings. The summed E-state index contributed by atoms with van der Waals surface area (Å²) >= 11 is 0. The zero-order chi connectivity index (χ0) is 9.26. The van der Waals surface area contributed by atoms with Crippen LogP contribution in [0.3, 0.4) is 0 Å². The molecule has 0 amide bonds. The van der Waals surface area contributed by atoms with Gasteiger partial charge >= 0.3 is 0 Å². The lowest BCUT2D eigenvalue weighted by Crippen LogP contribution is -2.38. The van der Waals surface area contributed by atoms with E-state index < -0.39 is 0 Å². The second-order valence-corrected chi connectivity index (χ2v) is 4.33. The molecule has 13 heavy (non-hydrogen) atoms. The molecule has 0 spiro atoms. The molecule has 3 nitrogen and oxygen atoms in total. The third-order valence-corrected chi connectivity index (χ3v) is 3.23. The number of nitrogens with two attached hydrogens (primary N) is 1. The second kappa shape index (κ2) is 3.76. The molecule has 3 heteroatoms. The van der Waals surface area contributed by atoms with Crippen molar-refractivity contribution in [2.75, 3.05) is 13.1 Å². The monoisotopic (exact) mass is 182 g/mol. The van der Waals surface area contributed by atoms with Gasteiger partial charge in [0.2, 0.25) is 0 Å². The van der Waals surface area contributed by atoms with Gasteiger partial charge in [0.05, 0.1) is 0 Å². The van der Waals surface area contributed by atoms with E-state index >= 15 is 0 Å². The highest BCUT2D eigenvalue weighted by Gasteiger charge is 2.29. The first-order valence-corrected chi connectivity index (χ1v) is 5.27. The van der Waals surface area contributed by atoms with Crippen molar-refractivity contribution >= 4 is 5.78 Å². The van der Waals surface area contributed by atoms with E-state index in [0.29, 0.717) is 17.9 Å². The van der Waals surface area contributed by atoms with E-state index in [1.807, 2.05) is 0 Å². The number of likely N-dealkylation sites (tertiary alicyclic amines) is 1. The van der Waals surface area contributed by atoms with Crippen LogP contribution >= 0.6 is 0 Å². The summed E-state index contributed by atoms with van der Waals surface area (Å²) in [6.45, 7) is 2.09. The summed E-state index contributed by atoms with van der Waals surface area (Å²) in [5.41, 5.74) is 5.84. The molecule has 2 aliphatic rings. The lowest BCUT2D eigenvalue weighted by molar-refractivity contribution is -0.121. The van der Waals surface area contributed by atoms with Crippen LogP contribution in [0.5, 0.6) is 0 Å². The SMILES string of the molecule is NC1CCN(C2CCCC(=O)C2)C1. The van der Waals surface area contributed by atoms with Gasteiger partial charge < -0.3 is 5.73 Å². The van der Waals surface area contributed by atoms with Gasteiger partial charge in [-0.15, -0.1) is 0 Å². The van der Waals surface area contributed by atoms with Gasteiger partial charge in [-0.05, 0) is 19.3 Å². The summed E-state index contributed by atoms with van der Waals surface area (Å²) in [5, 5.41) is 0. The Morgan fingerprint density at radius 3 is 2.85 bits per heavy atom. The Bertz CT molecular complexity index is 205. The van der Waals surface area contributed by atoms with Crippen molar-refractivity contribution in [2.45, 2.75) is 44.2 Å². The van der Waals surface area contributed by atoms with Gasteiger partial charge in [-0.25, -0.2) is 0 Å². The standard InChI is InChI=1S/C10H18N2O/c11-8-4-5-12(7-8)9-2-1-3-10(13)6-9/h8-9H,1-7,11H2. The predicted octanol–water partition coefficient (Wildman–Crippen LogP) is 0.531. The molecule has 0 radical (unpaired) electrons. The van der Waals surface area contributed by atoms with Crippen LogP contribution in [0.1, 0.15) is 32.1 Å². The first kappa shape index (κ1) is 9.16. The number of hydrogen-bond donors (Lipinski definition) is 1. The third-order valence-electron chi connectivity index (χ3n) is 3.23. The van der Waals surface area contributed by atoms with Gasteiger partial charge in [0.15, 0.2) is 0 Å². The van der Waals surface area contributed by atoms with E-state index in [1.165, 1.54) is 6.42 Å². The zero-order valence-corrected chi connectivity index (χ0v) is 8.04. The highest BCUT2D eigenvalue weighted by molar-refractivity contribution is 5.79. The molecule has 2 unspecified atom stereocenters. The maximum Gasteiger partial charge on any atom is 0.134 e. The number of ketones is 1. The highest BCUT2D eigenvalue weighted by Crippen LogP contribution is 2.23.